The van der Waals surface area contributed by atoms with Crippen LogP contribution in [0.25, 0.3) is 11.0 Å². The van der Waals surface area contributed by atoms with Gasteiger partial charge in [-0.15, -0.1) is 0 Å². The van der Waals surface area contributed by atoms with Gasteiger partial charge < -0.3 is 9.32 Å². The highest BCUT2D eigenvalue weighted by Crippen LogP contribution is 2.30. The fourth-order valence-corrected chi connectivity index (χ4v) is 2.84. The Morgan fingerprint density at radius 2 is 2.43 bits per heavy atom. The molecule has 1 amide bonds. The fourth-order valence-electron chi connectivity index (χ4n) is 2.84. The van der Waals surface area contributed by atoms with E-state index in [2.05, 4.69) is 20.2 Å². The third-order valence-electron chi connectivity index (χ3n) is 3.89. The number of rotatable bonds is 2. The van der Waals surface area contributed by atoms with E-state index in [0.717, 1.165) is 17.5 Å². The summed E-state index contributed by atoms with van der Waals surface area (Å²) in [5, 5.41) is 8.30. The van der Waals surface area contributed by atoms with Crippen LogP contribution in [0.15, 0.2) is 35.3 Å². The van der Waals surface area contributed by atoms with Crippen molar-refractivity contribution in [1.82, 2.24) is 25.1 Å². The van der Waals surface area contributed by atoms with Crippen molar-refractivity contribution < 1.29 is 9.21 Å². The number of oxazole rings is 1. The Labute approximate surface area is 120 Å². The smallest absolute Gasteiger partial charge is 0.291 e. The van der Waals surface area contributed by atoms with E-state index in [1.807, 2.05) is 12.1 Å². The molecule has 1 unspecified atom stereocenters. The molecule has 1 fully saturated rings. The van der Waals surface area contributed by atoms with Crippen LogP contribution in [0, 0.1) is 0 Å². The molecular weight excluding hydrogens is 270 g/mol. The molecule has 106 valence electrons. The number of nitrogens with zero attached hydrogens (tertiary/aromatic N) is 4. The van der Waals surface area contributed by atoms with Crippen LogP contribution in [-0.2, 0) is 0 Å². The second kappa shape index (κ2) is 4.69. The summed E-state index contributed by atoms with van der Waals surface area (Å²) in [6, 6.07) is 3.90. The van der Waals surface area contributed by atoms with E-state index in [4.69, 9.17) is 4.42 Å². The number of carbonyl (C=O) groups excluding carboxylic acids is 1. The van der Waals surface area contributed by atoms with E-state index in [-0.39, 0.29) is 17.6 Å². The molecule has 0 aliphatic carbocycles. The number of fused-ring (bicyclic) bond motifs is 1. The third-order valence-corrected chi connectivity index (χ3v) is 3.89. The molecule has 0 bridgehead atoms. The Morgan fingerprint density at radius 3 is 3.29 bits per heavy atom. The topological polar surface area (TPSA) is 87.9 Å². The molecule has 1 aliphatic rings. The second-order valence-electron chi connectivity index (χ2n) is 5.11. The number of hydrogen-bond acceptors (Lipinski definition) is 5. The molecule has 1 N–H and O–H groups in total. The number of aromatic amines is 1. The van der Waals surface area contributed by atoms with Gasteiger partial charge in [-0.1, -0.05) is 0 Å². The van der Waals surface area contributed by atoms with Crippen LogP contribution in [0.2, 0.25) is 0 Å². The van der Waals surface area contributed by atoms with Gasteiger partial charge in [-0.2, -0.15) is 5.10 Å². The Hall–Kier alpha value is -2.70. The van der Waals surface area contributed by atoms with E-state index in [0.29, 0.717) is 18.7 Å². The molecule has 3 aromatic rings. The first-order valence-corrected chi connectivity index (χ1v) is 6.79. The Bertz CT molecular complexity index is 780. The maximum absolute atomic E-state index is 12.2. The van der Waals surface area contributed by atoms with Crippen molar-refractivity contribution in [2.75, 3.05) is 13.1 Å². The number of hydrogen-bond donors (Lipinski definition) is 1. The summed E-state index contributed by atoms with van der Waals surface area (Å²) in [6.07, 6.45) is 5.34. The van der Waals surface area contributed by atoms with Gasteiger partial charge in [-0.05, 0) is 18.6 Å². The standard InChI is InChI=1S/C14H13N5O2/c20-14(11-6-15-8-21-11)19-5-3-9(7-19)12-10-2-1-4-16-13(10)18-17-12/h1-2,4,6,8-9H,3,5,7H2,(H,16,17,18). The fraction of sp³-hybridized carbons (Fsp3) is 0.286. The van der Waals surface area contributed by atoms with Crippen molar-refractivity contribution in [2.45, 2.75) is 12.3 Å². The Morgan fingerprint density at radius 1 is 1.48 bits per heavy atom. The van der Waals surface area contributed by atoms with Crippen molar-refractivity contribution in [1.29, 1.82) is 0 Å². The molecule has 3 aromatic heterocycles. The molecule has 7 heteroatoms. The van der Waals surface area contributed by atoms with Gasteiger partial charge in [-0.3, -0.25) is 9.89 Å². The predicted molar refractivity (Wildman–Crippen MR) is 73.7 cm³/mol. The van der Waals surface area contributed by atoms with Crippen molar-refractivity contribution in [3.63, 3.8) is 0 Å². The summed E-state index contributed by atoms with van der Waals surface area (Å²) in [4.78, 5) is 22.0. The van der Waals surface area contributed by atoms with E-state index in [9.17, 15) is 4.79 Å². The molecule has 4 heterocycles. The number of amides is 1. The lowest BCUT2D eigenvalue weighted by molar-refractivity contribution is 0.0759. The number of aromatic nitrogens is 4. The van der Waals surface area contributed by atoms with Gasteiger partial charge in [0, 0.05) is 36.3 Å². The average molecular weight is 283 g/mol. The monoisotopic (exact) mass is 283 g/mol. The van der Waals surface area contributed by atoms with Crippen molar-refractivity contribution in [2.24, 2.45) is 0 Å². The average Bonchev–Trinajstić information content (AvgIpc) is 3.25. The van der Waals surface area contributed by atoms with Crippen LogP contribution in [-0.4, -0.2) is 44.1 Å². The maximum Gasteiger partial charge on any atom is 0.291 e. The molecule has 7 nitrogen and oxygen atoms in total. The molecule has 0 radical (unpaired) electrons. The quantitative estimate of drug-likeness (QED) is 0.771. The lowest BCUT2D eigenvalue weighted by Gasteiger charge is -2.14. The summed E-state index contributed by atoms with van der Waals surface area (Å²) < 4.78 is 5.07. The first-order valence-electron chi connectivity index (χ1n) is 6.79. The summed E-state index contributed by atoms with van der Waals surface area (Å²) in [6.45, 7) is 1.34. The molecular formula is C14H13N5O2. The van der Waals surface area contributed by atoms with E-state index >= 15 is 0 Å². The Kier molecular flexibility index (Phi) is 2.70. The van der Waals surface area contributed by atoms with E-state index in [1.165, 1.54) is 12.6 Å². The van der Waals surface area contributed by atoms with Gasteiger partial charge in [0.2, 0.25) is 5.76 Å². The van der Waals surface area contributed by atoms with Crippen LogP contribution < -0.4 is 0 Å². The van der Waals surface area contributed by atoms with Crippen LogP contribution in [0.4, 0.5) is 0 Å². The number of pyridine rings is 1. The third kappa shape index (κ3) is 1.97. The highest BCUT2D eigenvalue weighted by molar-refractivity contribution is 5.91. The molecule has 0 aromatic carbocycles. The minimum atomic E-state index is -0.114. The van der Waals surface area contributed by atoms with Gasteiger partial charge in [-0.25, -0.2) is 9.97 Å². The minimum Gasteiger partial charge on any atom is -0.438 e. The molecule has 4 rings (SSSR count). The van der Waals surface area contributed by atoms with E-state index < -0.39 is 0 Å². The van der Waals surface area contributed by atoms with Crippen molar-refractivity contribution in [3.05, 3.63) is 42.4 Å². The normalized spacial score (nSPS) is 18.5. The highest BCUT2D eigenvalue weighted by Gasteiger charge is 2.31. The van der Waals surface area contributed by atoms with Crippen LogP contribution >= 0.6 is 0 Å². The van der Waals surface area contributed by atoms with Gasteiger partial charge in [0.05, 0.1) is 6.20 Å². The molecule has 1 aliphatic heterocycles. The summed E-state index contributed by atoms with van der Waals surface area (Å²) in [5.74, 6) is 0.412. The SMILES string of the molecule is O=C(c1cnco1)N1CCC(c2[nH]nc3ncccc23)C1. The largest absolute Gasteiger partial charge is 0.438 e. The lowest BCUT2D eigenvalue weighted by Crippen LogP contribution is -2.28. The van der Waals surface area contributed by atoms with E-state index in [1.54, 1.807) is 11.1 Å². The highest BCUT2D eigenvalue weighted by atomic mass is 16.3. The van der Waals surface area contributed by atoms with Crippen molar-refractivity contribution in [3.8, 4) is 0 Å². The van der Waals surface area contributed by atoms with Gasteiger partial charge >= 0.3 is 0 Å². The summed E-state index contributed by atoms with van der Waals surface area (Å²) in [5.41, 5.74) is 1.76. The predicted octanol–water partition coefficient (Wildman–Crippen LogP) is 1.58. The number of nitrogens with one attached hydrogen (secondary N) is 1. The van der Waals surface area contributed by atoms with Crippen LogP contribution in [0.5, 0.6) is 0 Å². The van der Waals surface area contributed by atoms with Gasteiger partial charge in [0.15, 0.2) is 12.0 Å². The van der Waals surface area contributed by atoms with Crippen LogP contribution in [0.3, 0.4) is 0 Å². The van der Waals surface area contributed by atoms with Crippen LogP contribution in [0.1, 0.15) is 28.6 Å². The zero-order valence-electron chi connectivity index (χ0n) is 11.2. The number of H-pyrrole nitrogens is 1. The Balaban J connectivity index is 1.58. The number of carbonyl (C=O) groups is 1. The zero-order chi connectivity index (χ0) is 14.2. The van der Waals surface area contributed by atoms with Crippen molar-refractivity contribution >= 4 is 16.9 Å². The lowest BCUT2D eigenvalue weighted by atomic mass is 10.0. The number of likely N-dealkylation sites (tertiary alicyclic amines) is 1. The molecule has 21 heavy (non-hydrogen) atoms. The second-order valence-corrected chi connectivity index (χ2v) is 5.11. The molecule has 0 saturated carbocycles. The zero-order valence-corrected chi connectivity index (χ0v) is 11.2. The molecule has 0 spiro atoms. The molecule has 1 saturated heterocycles. The molecule has 1 atom stereocenters. The first-order chi connectivity index (χ1) is 10.3. The summed E-state index contributed by atoms with van der Waals surface area (Å²) >= 11 is 0. The summed E-state index contributed by atoms with van der Waals surface area (Å²) in [7, 11) is 0. The van der Waals surface area contributed by atoms with Gasteiger partial charge in [0.25, 0.3) is 5.91 Å². The minimum absolute atomic E-state index is 0.114. The maximum atomic E-state index is 12.2. The van der Waals surface area contributed by atoms with Gasteiger partial charge in [0.1, 0.15) is 0 Å². The first kappa shape index (κ1) is 12.1.